The van der Waals surface area contributed by atoms with E-state index in [2.05, 4.69) is 11.2 Å². The zero-order valence-electron chi connectivity index (χ0n) is 10.4. The second-order valence-corrected chi connectivity index (χ2v) is 4.97. The first-order valence-corrected chi connectivity index (χ1v) is 6.21. The average Bonchev–Trinajstić information content (AvgIpc) is 2.28. The summed E-state index contributed by atoms with van der Waals surface area (Å²) >= 11 is 0. The third kappa shape index (κ3) is 4.38. The lowest BCUT2D eigenvalue weighted by atomic mass is 9.80. The summed E-state index contributed by atoms with van der Waals surface area (Å²) in [4.78, 5) is 22.6. The molecule has 0 aromatic carbocycles. The Kier molecular flexibility index (Phi) is 5.17. The number of amides is 1. The zero-order valence-corrected chi connectivity index (χ0v) is 10.4. The topological polar surface area (TPSA) is 92.4 Å². The highest BCUT2D eigenvalue weighted by molar-refractivity contribution is 5.84. The van der Waals surface area contributed by atoms with Crippen LogP contribution in [0.5, 0.6) is 0 Å². The number of hydrogen-bond donors (Lipinski definition) is 3. The van der Waals surface area contributed by atoms with E-state index in [1.54, 1.807) is 0 Å². The van der Waals surface area contributed by atoms with E-state index < -0.39 is 17.6 Å². The van der Waals surface area contributed by atoms with Crippen molar-refractivity contribution in [2.24, 2.45) is 5.73 Å². The number of carbonyl (C=O) groups is 2. The van der Waals surface area contributed by atoms with Crippen molar-refractivity contribution in [1.29, 1.82) is 0 Å². The number of nitrogens with one attached hydrogen (secondary N) is 1. The Morgan fingerprint density at radius 1 is 1.39 bits per heavy atom. The fraction of sp³-hybridized carbons (Fsp3) is 0.692. The van der Waals surface area contributed by atoms with Gasteiger partial charge in [0, 0.05) is 18.4 Å². The summed E-state index contributed by atoms with van der Waals surface area (Å²) in [5.41, 5.74) is 5.65. The quantitative estimate of drug-likeness (QED) is 0.626. The van der Waals surface area contributed by atoms with Gasteiger partial charge in [-0.3, -0.25) is 4.79 Å². The first-order chi connectivity index (χ1) is 8.47. The van der Waals surface area contributed by atoms with Crippen molar-refractivity contribution in [2.75, 3.05) is 0 Å². The van der Waals surface area contributed by atoms with Gasteiger partial charge in [-0.15, -0.1) is 12.3 Å². The standard InChI is InChI=1S/C13H20N2O3/c1-2-6-10(12(17)18)15-11(16)9-13(14)7-4-3-5-8-13/h1,10H,3-9,14H2,(H,15,16)(H,17,18). The molecule has 1 saturated carbocycles. The van der Waals surface area contributed by atoms with E-state index in [0.717, 1.165) is 32.1 Å². The highest BCUT2D eigenvalue weighted by Gasteiger charge is 2.31. The van der Waals surface area contributed by atoms with Crippen molar-refractivity contribution >= 4 is 11.9 Å². The summed E-state index contributed by atoms with van der Waals surface area (Å²) in [5, 5.41) is 11.3. The molecule has 0 aromatic heterocycles. The normalized spacial score (nSPS) is 19.6. The van der Waals surface area contributed by atoms with Crippen LogP contribution < -0.4 is 11.1 Å². The monoisotopic (exact) mass is 252 g/mol. The molecule has 0 bridgehead atoms. The van der Waals surface area contributed by atoms with E-state index in [-0.39, 0.29) is 18.7 Å². The summed E-state index contributed by atoms with van der Waals surface area (Å²) in [7, 11) is 0. The molecule has 1 amide bonds. The maximum absolute atomic E-state index is 11.8. The lowest BCUT2D eigenvalue weighted by molar-refractivity contribution is -0.141. The molecular formula is C13H20N2O3. The van der Waals surface area contributed by atoms with Gasteiger partial charge >= 0.3 is 5.97 Å². The molecule has 100 valence electrons. The molecule has 0 spiro atoms. The average molecular weight is 252 g/mol. The molecule has 1 aliphatic rings. The first-order valence-electron chi connectivity index (χ1n) is 6.21. The molecule has 0 saturated heterocycles. The van der Waals surface area contributed by atoms with Gasteiger partial charge in [-0.05, 0) is 12.8 Å². The van der Waals surface area contributed by atoms with Crippen LogP contribution in [0.25, 0.3) is 0 Å². The minimum absolute atomic E-state index is 0.0152. The van der Waals surface area contributed by atoms with E-state index >= 15 is 0 Å². The number of aliphatic carboxylic acids is 1. The number of nitrogens with two attached hydrogens (primary N) is 1. The Morgan fingerprint density at radius 2 is 2.00 bits per heavy atom. The van der Waals surface area contributed by atoms with Gasteiger partial charge in [0.2, 0.25) is 5.91 Å². The van der Waals surface area contributed by atoms with Gasteiger partial charge in [0.05, 0.1) is 0 Å². The van der Waals surface area contributed by atoms with Crippen LogP contribution in [0, 0.1) is 12.3 Å². The van der Waals surface area contributed by atoms with Gasteiger partial charge in [0.15, 0.2) is 0 Å². The molecule has 1 rings (SSSR count). The Morgan fingerprint density at radius 3 is 2.50 bits per heavy atom. The van der Waals surface area contributed by atoms with Gasteiger partial charge < -0.3 is 16.2 Å². The number of carboxylic acids is 1. The molecule has 5 nitrogen and oxygen atoms in total. The Hall–Kier alpha value is -1.54. The number of rotatable bonds is 5. The van der Waals surface area contributed by atoms with E-state index in [1.165, 1.54) is 0 Å². The van der Waals surface area contributed by atoms with Gasteiger partial charge in [-0.2, -0.15) is 0 Å². The van der Waals surface area contributed by atoms with E-state index in [4.69, 9.17) is 17.3 Å². The van der Waals surface area contributed by atoms with E-state index in [1.807, 2.05) is 0 Å². The van der Waals surface area contributed by atoms with Crippen LogP contribution in [0.1, 0.15) is 44.9 Å². The highest BCUT2D eigenvalue weighted by atomic mass is 16.4. The molecule has 5 heteroatoms. The van der Waals surface area contributed by atoms with Crippen LogP contribution in [0.3, 0.4) is 0 Å². The van der Waals surface area contributed by atoms with Crippen molar-refractivity contribution in [3.05, 3.63) is 0 Å². The van der Waals surface area contributed by atoms with E-state index in [9.17, 15) is 9.59 Å². The molecule has 4 N–H and O–H groups in total. The summed E-state index contributed by atoms with van der Waals surface area (Å²) in [6.45, 7) is 0. The molecule has 0 aromatic rings. The largest absolute Gasteiger partial charge is 0.480 e. The predicted octanol–water partition coefficient (Wildman–Crippen LogP) is 0.631. The summed E-state index contributed by atoms with van der Waals surface area (Å²) in [6.07, 6.45) is 10.0. The highest BCUT2D eigenvalue weighted by Crippen LogP contribution is 2.28. The number of carboxylic acid groups (broad SMARTS) is 1. The molecule has 0 aliphatic heterocycles. The first kappa shape index (κ1) is 14.5. The molecular weight excluding hydrogens is 232 g/mol. The van der Waals surface area contributed by atoms with Gasteiger partial charge in [-0.1, -0.05) is 19.3 Å². The van der Waals surface area contributed by atoms with Crippen molar-refractivity contribution in [3.8, 4) is 12.3 Å². The SMILES string of the molecule is C#CCC(NC(=O)CC1(N)CCCCC1)C(=O)O. The third-order valence-electron chi connectivity index (χ3n) is 3.32. The predicted molar refractivity (Wildman–Crippen MR) is 67.6 cm³/mol. The lowest BCUT2D eigenvalue weighted by Crippen LogP contribution is -2.49. The summed E-state index contributed by atoms with van der Waals surface area (Å²) in [5.74, 6) is 0.795. The molecule has 1 fully saturated rings. The maximum atomic E-state index is 11.8. The van der Waals surface area contributed by atoms with Crippen LogP contribution in [0.4, 0.5) is 0 Å². The molecule has 18 heavy (non-hydrogen) atoms. The van der Waals surface area contributed by atoms with Crippen LogP contribution in [-0.2, 0) is 9.59 Å². The number of carbonyl (C=O) groups excluding carboxylic acids is 1. The lowest BCUT2D eigenvalue weighted by Gasteiger charge is -2.33. The fourth-order valence-corrected chi connectivity index (χ4v) is 2.32. The summed E-state index contributed by atoms with van der Waals surface area (Å²) in [6, 6.07) is -1.02. The van der Waals surface area contributed by atoms with Gasteiger partial charge in [0.25, 0.3) is 0 Å². The smallest absolute Gasteiger partial charge is 0.327 e. The second kappa shape index (κ2) is 6.41. The van der Waals surface area contributed by atoms with Gasteiger partial charge in [-0.25, -0.2) is 4.79 Å². The molecule has 1 unspecified atom stereocenters. The van der Waals surface area contributed by atoms with Crippen LogP contribution in [-0.4, -0.2) is 28.6 Å². The molecule has 0 heterocycles. The van der Waals surface area contributed by atoms with Crippen molar-refractivity contribution in [1.82, 2.24) is 5.32 Å². The Balaban J connectivity index is 2.49. The van der Waals surface area contributed by atoms with Crippen LogP contribution in [0.2, 0.25) is 0 Å². The number of hydrogen-bond acceptors (Lipinski definition) is 3. The third-order valence-corrected chi connectivity index (χ3v) is 3.32. The minimum Gasteiger partial charge on any atom is -0.480 e. The van der Waals surface area contributed by atoms with Crippen molar-refractivity contribution in [2.45, 2.75) is 56.5 Å². The Labute approximate surface area is 107 Å². The van der Waals surface area contributed by atoms with Gasteiger partial charge in [0.1, 0.15) is 6.04 Å². The van der Waals surface area contributed by atoms with E-state index in [0.29, 0.717) is 0 Å². The van der Waals surface area contributed by atoms with Crippen molar-refractivity contribution in [3.63, 3.8) is 0 Å². The molecule has 1 atom stereocenters. The minimum atomic E-state index is -1.11. The molecule has 0 radical (unpaired) electrons. The van der Waals surface area contributed by atoms with Crippen LogP contribution in [0.15, 0.2) is 0 Å². The summed E-state index contributed by atoms with van der Waals surface area (Å²) < 4.78 is 0. The molecule has 1 aliphatic carbocycles. The second-order valence-electron chi connectivity index (χ2n) is 4.97. The van der Waals surface area contributed by atoms with Crippen molar-refractivity contribution < 1.29 is 14.7 Å². The zero-order chi connectivity index (χ0) is 13.6. The number of terminal acetylenes is 1. The fourth-order valence-electron chi connectivity index (χ4n) is 2.32. The van der Waals surface area contributed by atoms with Crippen LogP contribution >= 0.6 is 0 Å². The Bertz CT molecular complexity index is 354. The maximum Gasteiger partial charge on any atom is 0.327 e.